The van der Waals surface area contributed by atoms with Gasteiger partial charge in [0.15, 0.2) is 0 Å². The first-order chi connectivity index (χ1) is 15.2. The molecule has 1 heterocycles. The minimum atomic E-state index is -3.89. The summed E-state index contributed by atoms with van der Waals surface area (Å²) in [5.74, 6) is 1.23. The van der Waals surface area contributed by atoms with Crippen molar-refractivity contribution in [3.8, 4) is 11.5 Å². The number of hydrogen-bond donors (Lipinski definition) is 1. The van der Waals surface area contributed by atoms with Crippen LogP contribution in [0, 0.1) is 5.92 Å². The number of nitrogens with one attached hydrogen (secondary N) is 1. The van der Waals surface area contributed by atoms with Gasteiger partial charge in [-0.1, -0.05) is 13.8 Å². The number of carbonyl (C=O) groups is 1. The molecule has 4 rings (SSSR count). The average Bonchev–Trinajstić information content (AvgIpc) is 3.55. The van der Waals surface area contributed by atoms with E-state index in [1.54, 1.807) is 36.4 Å². The van der Waals surface area contributed by atoms with Crippen LogP contribution in [0.3, 0.4) is 0 Å². The molecule has 1 fully saturated rings. The van der Waals surface area contributed by atoms with Gasteiger partial charge in [0, 0.05) is 29.6 Å². The number of anilines is 2. The fourth-order valence-corrected chi connectivity index (χ4v) is 5.19. The molecule has 0 radical (unpaired) electrons. The minimum Gasteiger partial charge on any atom is -0.494 e. The third-order valence-electron chi connectivity index (χ3n) is 5.85. The lowest BCUT2D eigenvalue weighted by atomic mass is 9.87. The zero-order valence-electron chi connectivity index (χ0n) is 19.0. The summed E-state index contributed by atoms with van der Waals surface area (Å²) < 4.78 is 40.3. The first-order valence-corrected chi connectivity index (χ1v) is 12.5. The van der Waals surface area contributed by atoms with E-state index < -0.39 is 10.0 Å². The van der Waals surface area contributed by atoms with E-state index in [0.717, 1.165) is 24.1 Å². The van der Waals surface area contributed by atoms with Gasteiger partial charge in [-0.05, 0) is 62.6 Å². The van der Waals surface area contributed by atoms with Crippen LogP contribution >= 0.6 is 0 Å². The van der Waals surface area contributed by atoms with E-state index in [1.807, 2.05) is 32.6 Å². The topological polar surface area (TPSA) is 84.9 Å². The van der Waals surface area contributed by atoms with Gasteiger partial charge >= 0.3 is 0 Å². The van der Waals surface area contributed by atoms with Crippen molar-refractivity contribution in [2.24, 2.45) is 5.92 Å². The smallest absolute Gasteiger partial charge is 0.262 e. The van der Waals surface area contributed by atoms with Crippen molar-refractivity contribution in [1.82, 2.24) is 0 Å². The second-order valence-corrected chi connectivity index (χ2v) is 10.6. The zero-order valence-corrected chi connectivity index (χ0v) is 19.8. The van der Waals surface area contributed by atoms with Crippen molar-refractivity contribution in [3.05, 3.63) is 42.0 Å². The highest BCUT2D eigenvalue weighted by Crippen LogP contribution is 2.44. The summed E-state index contributed by atoms with van der Waals surface area (Å²) in [7, 11) is -3.89. The monoisotopic (exact) mass is 458 g/mol. The zero-order chi connectivity index (χ0) is 23.1. The highest BCUT2D eigenvalue weighted by Gasteiger charge is 2.43. The lowest BCUT2D eigenvalue weighted by Crippen LogP contribution is -2.34. The van der Waals surface area contributed by atoms with Gasteiger partial charge < -0.3 is 14.4 Å². The highest BCUT2D eigenvalue weighted by molar-refractivity contribution is 7.92. The fraction of sp³-hybridized carbons (Fsp3) is 0.458. The molecule has 32 heavy (non-hydrogen) atoms. The van der Waals surface area contributed by atoms with Crippen LogP contribution in [0.25, 0.3) is 0 Å². The van der Waals surface area contributed by atoms with E-state index in [2.05, 4.69) is 4.72 Å². The summed E-state index contributed by atoms with van der Waals surface area (Å²) in [6.07, 6.45) is 1.87. The number of benzene rings is 2. The minimum absolute atomic E-state index is 0.108. The molecule has 172 valence electrons. The van der Waals surface area contributed by atoms with Crippen molar-refractivity contribution in [1.29, 1.82) is 0 Å². The van der Waals surface area contributed by atoms with Crippen LogP contribution in [0.2, 0.25) is 0 Å². The van der Waals surface area contributed by atoms with Crippen molar-refractivity contribution < 1.29 is 22.7 Å². The molecule has 1 N–H and O–H groups in total. The van der Waals surface area contributed by atoms with E-state index >= 15 is 0 Å². The molecule has 1 aliphatic heterocycles. The van der Waals surface area contributed by atoms with Crippen molar-refractivity contribution >= 4 is 27.3 Å². The Labute approximate surface area is 189 Å². The van der Waals surface area contributed by atoms with Crippen LogP contribution in [0.15, 0.2) is 41.3 Å². The lowest BCUT2D eigenvalue weighted by molar-refractivity contribution is -0.119. The van der Waals surface area contributed by atoms with Gasteiger partial charge in [0.2, 0.25) is 5.91 Å². The van der Waals surface area contributed by atoms with Crippen molar-refractivity contribution in [2.75, 3.05) is 29.4 Å². The van der Waals surface area contributed by atoms with Gasteiger partial charge in [-0.15, -0.1) is 0 Å². The van der Waals surface area contributed by atoms with Crippen LogP contribution in [-0.2, 0) is 20.2 Å². The fourth-order valence-electron chi connectivity index (χ4n) is 4.10. The van der Waals surface area contributed by atoms with Crippen LogP contribution in [0.1, 0.15) is 46.1 Å². The molecule has 2 aromatic rings. The average molecular weight is 459 g/mol. The highest BCUT2D eigenvalue weighted by atomic mass is 32.2. The van der Waals surface area contributed by atoms with Crippen LogP contribution < -0.4 is 19.1 Å². The van der Waals surface area contributed by atoms with Gasteiger partial charge in [0.05, 0.1) is 23.8 Å². The quantitative estimate of drug-likeness (QED) is 0.637. The van der Waals surface area contributed by atoms with E-state index in [4.69, 9.17) is 9.47 Å². The molecule has 1 amide bonds. The maximum atomic E-state index is 13.3. The number of fused-ring (bicyclic) bond motifs is 1. The van der Waals surface area contributed by atoms with Gasteiger partial charge in [0.25, 0.3) is 10.0 Å². The summed E-state index contributed by atoms with van der Waals surface area (Å²) in [6.45, 7) is 9.20. The number of hydrogen-bond acceptors (Lipinski definition) is 5. The summed E-state index contributed by atoms with van der Waals surface area (Å²) in [6, 6.07) is 10.1. The summed E-state index contributed by atoms with van der Waals surface area (Å²) in [4.78, 5) is 14.7. The van der Waals surface area contributed by atoms with Gasteiger partial charge in [-0.2, -0.15) is 0 Å². The number of sulfonamides is 1. The second kappa shape index (κ2) is 8.31. The SMILES string of the molecule is CCOc1ccc(OCC)c(NS(=O)(=O)c2ccc3c(c2)C(C)(C)CN3C(=O)C2CC2)c1. The molecular weight excluding hydrogens is 428 g/mol. The number of ether oxygens (including phenoxy) is 2. The molecule has 2 aromatic carbocycles. The first kappa shape index (κ1) is 22.5. The third kappa shape index (κ3) is 4.28. The molecule has 0 atom stereocenters. The molecule has 0 spiro atoms. The molecule has 0 saturated heterocycles. The largest absolute Gasteiger partial charge is 0.494 e. The van der Waals surface area contributed by atoms with E-state index in [9.17, 15) is 13.2 Å². The van der Waals surface area contributed by atoms with E-state index in [1.165, 1.54) is 0 Å². The summed E-state index contributed by atoms with van der Waals surface area (Å²) in [5, 5.41) is 0. The number of nitrogens with zero attached hydrogens (tertiary/aromatic N) is 1. The van der Waals surface area contributed by atoms with E-state index in [-0.39, 0.29) is 22.1 Å². The Kier molecular flexibility index (Phi) is 5.83. The van der Waals surface area contributed by atoms with Crippen molar-refractivity contribution in [3.63, 3.8) is 0 Å². The Morgan fingerprint density at radius 3 is 2.47 bits per heavy atom. The maximum Gasteiger partial charge on any atom is 0.262 e. The molecule has 0 bridgehead atoms. The summed E-state index contributed by atoms with van der Waals surface area (Å²) in [5.41, 5.74) is 1.65. The molecule has 0 unspecified atom stereocenters. The van der Waals surface area contributed by atoms with Gasteiger partial charge in [0.1, 0.15) is 11.5 Å². The van der Waals surface area contributed by atoms with Crippen molar-refractivity contribution in [2.45, 2.75) is 50.8 Å². The molecule has 0 aromatic heterocycles. The Hall–Kier alpha value is -2.74. The summed E-state index contributed by atoms with van der Waals surface area (Å²) >= 11 is 0. The molecule has 8 heteroatoms. The third-order valence-corrected chi connectivity index (χ3v) is 7.21. The maximum absolute atomic E-state index is 13.3. The van der Waals surface area contributed by atoms with Gasteiger partial charge in [-0.3, -0.25) is 9.52 Å². The Morgan fingerprint density at radius 1 is 1.09 bits per heavy atom. The Balaban J connectivity index is 1.67. The molecule has 1 aliphatic carbocycles. The van der Waals surface area contributed by atoms with E-state index in [0.29, 0.717) is 36.9 Å². The molecule has 1 saturated carbocycles. The number of carbonyl (C=O) groups excluding carboxylic acids is 1. The number of amides is 1. The Bertz CT molecular complexity index is 1140. The normalized spacial score (nSPS) is 17.1. The molecule has 2 aliphatic rings. The number of rotatable bonds is 8. The standard InChI is InChI=1S/C24H30N2O5S/c1-5-30-17-9-12-22(31-6-2)20(13-17)25-32(28,29)18-10-11-21-19(14-18)24(3,4)15-26(21)23(27)16-7-8-16/h9-14,16,25H,5-8,15H2,1-4H3. The van der Waals surface area contributed by atoms with Crippen LogP contribution in [0.4, 0.5) is 11.4 Å². The van der Waals surface area contributed by atoms with Crippen LogP contribution in [0.5, 0.6) is 11.5 Å². The predicted octanol–water partition coefficient (Wildman–Crippen LogP) is 4.32. The second-order valence-electron chi connectivity index (χ2n) is 8.89. The Morgan fingerprint density at radius 2 is 1.81 bits per heavy atom. The first-order valence-electron chi connectivity index (χ1n) is 11.0. The molecule has 7 nitrogen and oxygen atoms in total. The lowest BCUT2D eigenvalue weighted by Gasteiger charge is -2.20. The van der Waals surface area contributed by atoms with Gasteiger partial charge in [-0.25, -0.2) is 8.42 Å². The molecular formula is C24H30N2O5S. The van der Waals surface area contributed by atoms with Crippen LogP contribution in [-0.4, -0.2) is 34.1 Å². The predicted molar refractivity (Wildman–Crippen MR) is 124 cm³/mol.